The van der Waals surface area contributed by atoms with E-state index < -0.39 is 9.84 Å². The lowest BCUT2D eigenvalue weighted by Gasteiger charge is -2.44. The molecule has 2 atom stereocenters. The largest absolute Gasteiger partial charge is 0.504 e. The SMILES string of the molecule is COc1cc(C(=O)N2CCN(CC(C)C)[C@H]3CS(=O)(=O)C[C@H]32)ccc1O. The van der Waals surface area contributed by atoms with Crippen LogP contribution in [0, 0.1) is 5.92 Å². The van der Waals surface area contributed by atoms with Crippen molar-refractivity contribution >= 4 is 15.7 Å². The predicted octanol–water partition coefficient (Wildman–Crippen LogP) is 0.980. The molecule has 8 heteroatoms. The highest BCUT2D eigenvalue weighted by Gasteiger charge is 2.48. The summed E-state index contributed by atoms with van der Waals surface area (Å²) in [5.41, 5.74) is 0.389. The molecular formula is C18H26N2O5S. The smallest absolute Gasteiger partial charge is 0.254 e. The van der Waals surface area contributed by atoms with Crippen LogP contribution in [0.15, 0.2) is 18.2 Å². The maximum absolute atomic E-state index is 13.0. The van der Waals surface area contributed by atoms with E-state index in [1.165, 1.54) is 19.2 Å². The van der Waals surface area contributed by atoms with E-state index in [4.69, 9.17) is 4.74 Å². The van der Waals surface area contributed by atoms with Crippen LogP contribution >= 0.6 is 0 Å². The number of hydrogen-bond donors (Lipinski definition) is 1. The van der Waals surface area contributed by atoms with Crippen LogP contribution in [0.5, 0.6) is 11.5 Å². The third-order valence-corrected chi connectivity index (χ3v) is 6.78. The van der Waals surface area contributed by atoms with E-state index in [1.54, 1.807) is 11.0 Å². The first-order chi connectivity index (χ1) is 12.2. The fourth-order valence-electron chi connectivity index (χ4n) is 3.95. The normalized spacial score (nSPS) is 25.3. The van der Waals surface area contributed by atoms with Crippen LogP contribution in [0.1, 0.15) is 24.2 Å². The topological polar surface area (TPSA) is 87.2 Å². The first-order valence-electron chi connectivity index (χ1n) is 8.84. The van der Waals surface area contributed by atoms with Gasteiger partial charge in [0.1, 0.15) is 0 Å². The number of aromatic hydroxyl groups is 1. The maximum atomic E-state index is 13.0. The van der Waals surface area contributed by atoms with Gasteiger partial charge in [0, 0.05) is 31.2 Å². The number of sulfone groups is 1. The Morgan fingerprint density at radius 3 is 2.62 bits per heavy atom. The second-order valence-electron chi connectivity index (χ2n) is 7.49. The molecular weight excluding hydrogens is 356 g/mol. The summed E-state index contributed by atoms with van der Waals surface area (Å²) in [6.07, 6.45) is 0. The van der Waals surface area contributed by atoms with E-state index in [2.05, 4.69) is 18.7 Å². The Kier molecular flexibility index (Phi) is 5.16. The van der Waals surface area contributed by atoms with Crippen molar-refractivity contribution in [2.45, 2.75) is 25.9 Å². The molecule has 2 aliphatic rings. The second-order valence-corrected chi connectivity index (χ2v) is 9.64. The molecule has 0 radical (unpaired) electrons. The second kappa shape index (κ2) is 7.08. The summed E-state index contributed by atoms with van der Waals surface area (Å²) in [6.45, 7) is 6.20. The molecule has 2 aliphatic heterocycles. The number of methoxy groups -OCH3 is 1. The van der Waals surface area contributed by atoms with Crippen molar-refractivity contribution in [1.29, 1.82) is 0 Å². The van der Waals surface area contributed by atoms with Crippen molar-refractivity contribution in [3.05, 3.63) is 23.8 Å². The number of carbonyl (C=O) groups is 1. The summed E-state index contributed by atoms with van der Waals surface area (Å²) >= 11 is 0. The minimum absolute atomic E-state index is 0.00716. The molecule has 1 aromatic carbocycles. The molecule has 1 N–H and O–H groups in total. The lowest BCUT2D eigenvalue weighted by atomic mass is 10.0. The van der Waals surface area contributed by atoms with Crippen molar-refractivity contribution in [1.82, 2.24) is 9.80 Å². The number of rotatable bonds is 4. The zero-order valence-electron chi connectivity index (χ0n) is 15.4. The van der Waals surface area contributed by atoms with Crippen LogP contribution < -0.4 is 4.74 Å². The monoisotopic (exact) mass is 382 g/mol. The molecule has 0 spiro atoms. The van der Waals surface area contributed by atoms with Gasteiger partial charge in [0.15, 0.2) is 21.3 Å². The summed E-state index contributed by atoms with van der Waals surface area (Å²) in [7, 11) is -1.74. The van der Waals surface area contributed by atoms with Gasteiger partial charge < -0.3 is 14.7 Å². The van der Waals surface area contributed by atoms with Crippen molar-refractivity contribution in [3.63, 3.8) is 0 Å². The van der Waals surface area contributed by atoms with Gasteiger partial charge in [0.2, 0.25) is 0 Å². The zero-order valence-corrected chi connectivity index (χ0v) is 16.2. The first-order valence-corrected chi connectivity index (χ1v) is 10.7. The summed E-state index contributed by atoms with van der Waals surface area (Å²) in [5, 5.41) is 9.73. The highest BCUT2D eigenvalue weighted by Crippen LogP contribution is 2.31. The summed E-state index contributed by atoms with van der Waals surface area (Å²) in [6, 6.07) is 3.97. The summed E-state index contributed by atoms with van der Waals surface area (Å²) < 4.78 is 29.6. The Bertz CT molecular complexity index is 793. The Hall–Kier alpha value is -1.80. The molecule has 7 nitrogen and oxygen atoms in total. The summed E-state index contributed by atoms with van der Waals surface area (Å²) in [5.74, 6) is 0.513. The maximum Gasteiger partial charge on any atom is 0.254 e. The number of ether oxygens (including phenoxy) is 1. The van der Waals surface area contributed by atoms with Crippen LogP contribution in [0.4, 0.5) is 0 Å². The molecule has 1 amide bonds. The minimum atomic E-state index is -3.17. The van der Waals surface area contributed by atoms with Gasteiger partial charge in [-0.1, -0.05) is 13.8 Å². The Labute approximate surface area is 154 Å². The average Bonchev–Trinajstić information content (AvgIpc) is 2.90. The Morgan fingerprint density at radius 1 is 1.27 bits per heavy atom. The molecule has 2 saturated heterocycles. The first kappa shape index (κ1) is 19.0. The number of hydrogen-bond acceptors (Lipinski definition) is 6. The molecule has 0 aliphatic carbocycles. The lowest BCUT2D eigenvalue weighted by Crippen LogP contribution is -2.61. The highest BCUT2D eigenvalue weighted by atomic mass is 32.2. The van der Waals surface area contributed by atoms with E-state index in [0.29, 0.717) is 24.6 Å². The number of phenolic OH excluding ortho intramolecular Hbond substituents is 1. The molecule has 0 unspecified atom stereocenters. The highest BCUT2D eigenvalue weighted by molar-refractivity contribution is 7.91. The van der Waals surface area contributed by atoms with E-state index in [9.17, 15) is 18.3 Å². The number of piperazine rings is 1. The zero-order chi connectivity index (χ0) is 19.1. The van der Waals surface area contributed by atoms with E-state index in [1.807, 2.05) is 0 Å². The third kappa shape index (κ3) is 3.66. The number of benzene rings is 1. The third-order valence-electron chi connectivity index (χ3n) is 5.08. The van der Waals surface area contributed by atoms with Crippen molar-refractivity contribution in [2.75, 3.05) is 38.2 Å². The molecule has 1 aromatic rings. The number of fused-ring (bicyclic) bond motifs is 1. The van der Waals surface area contributed by atoms with Gasteiger partial charge in [-0.3, -0.25) is 9.69 Å². The van der Waals surface area contributed by atoms with Gasteiger partial charge >= 0.3 is 0 Å². The van der Waals surface area contributed by atoms with Gasteiger partial charge in [0.05, 0.1) is 24.7 Å². The predicted molar refractivity (Wildman–Crippen MR) is 98.3 cm³/mol. The molecule has 3 rings (SSSR count). The van der Waals surface area contributed by atoms with Gasteiger partial charge in [-0.2, -0.15) is 0 Å². The molecule has 26 heavy (non-hydrogen) atoms. The fourth-order valence-corrected chi connectivity index (χ4v) is 5.96. The van der Waals surface area contributed by atoms with Gasteiger partial charge in [-0.15, -0.1) is 0 Å². The van der Waals surface area contributed by atoms with Crippen molar-refractivity contribution < 1.29 is 23.1 Å². The van der Waals surface area contributed by atoms with E-state index in [0.717, 1.165) is 6.54 Å². The van der Waals surface area contributed by atoms with Crippen LogP contribution in [-0.4, -0.2) is 79.6 Å². The molecule has 144 valence electrons. The van der Waals surface area contributed by atoms with Crippen molar-refractivity contribution in [2.24, 2.45) is 5.92 Å². The van der Waals surface area contributed by atoms with Gasteiger partial charge in [0.25, 0.3) is 5.91 Å². The Balaban J connectivity index is 1.87. The van der Waals surface area contributed by atoms with Crippen LogP contribution in [0.3, 0.4) is 0 Å². The van der Waals surface area contributed by atoms with Gasteiger partial charge in [-0.25, -0.2) is 8.42 Å². The molecule has 0 aromatic heterocycles. The number of carbonyl (C=O) groups excluding carboxylic acids is 1. The van der Waals surface area contributed by atoms with E-state index >= 15 is 0 Å². The lowest BCUT2D eigenvalue weighted by molar-refractivity contribution is 0.0297. The van der Waals surface area contributed by atoms with Gasteiger partial charge in [-0.05, 0) is 24.1 Å². The van der Waals surface area contributed by atoms with Crippen LogP contribution in [0.2, 0.25) is 0 Å². The van der Waals surface area contributed by atoms with Crippen LogP contribution in [-0.2, 0) is 9.84 Å². The minimum Gasteiger partial charge on any atom is -0.504 e. The number of nitrogens with zero attached hydrogens (tertiary/aromatic N) is 2. The molecule has 0 saturated carbocycles. The van der Waals surface area contributed by atoms with E-state index in [-0.39, 0.29) is 41.0 Å². The quantitative estimate of drug-likeness (QED) is 0.835. The Morgan fingerprint density at radius 2 is 1.96 bits per heavy atom. The van der Waals surface area contributed by atoms with Crippen LogP contribution in [0.25, 0.3) is 0 Å². The molecule has 2 heterocycles. The fraction of sp³-hybridized carbons (Fsp3) is 0.611. The molecule has 2 fully saturated rings. The number of amides is 1. The summed E-state index contributed by atoms with van der Waals surface area (Å²) in [4.78, 5) is 16.9. The van der Waals surface area contributed by atoms with Crippen molar-refractivity contribution in [3.8, 4) is 11.5 Å². The molecule has 0 bridgehead atoms. The average molecular weight is 382 g/mol. The number of phenols is 1. The standard InChI is InChI=1S/C18H26N2O5S/c1-12(2)9-19-6-7-20(15-11-26(23,24)10-14(15)19)18(22)13-4-5-16(21)17(8-13)25-3/h4-5,8,12,14-15,21H,6-7,9-11H2,1-3H3/t14-,15+/m0/s1.